The summed E-state index contributed by atoms with van der Waals surface area (Å²) in [6.07, 6.45) is 3.37. The van der Waals surface area contributed by atoms with Crippen LogP contribution in [0.25, 0.3) is 17.0 Å². The van der Waals surface area contributed by atoms with Gasteiger partial charge in [-0.1, -0.05) is 24.3 Å². The molecule has 1 aromatic heterocycles. The Labute approximate surface area is 204 Å². The van der Waals surface area contributed by atoms with E-state index >= 15 is 0 Å². The number of Topliss-reactive ketones (excluding diaryl/α,β-unsaturated/α-hetero) is 1. The molecule has 3 aromatic rings. The highest BCUT2D eigenvalue weighted by atomic mass is 16.5. The Balaban J connectivity index is 1.42. The number of rotatable bonds is 4. The Morgan fingerprint density at radius 1 is 1.09 bits per heavy atom. The molecule has 1 saturated heterocycles. The summed E-state index contributed by atoms with van der Waals surface area (Å²) >= 11 is 0. The number of carbonyl (C=O) groups excluding carboxylic acids is 3. The normalized spacial score (nSPS) is 17.1. The second kappa shape index (κ2) is 9.43. The summed E-state index contributed by atoms with van der Waals surface area (Å²) in [4.78, 5) is 45.7. The van der Waals surface area contributed by atoms with Crippen molar-refractivity contribution in [2.24, 2.45) is 0 Å². The lowest BCUT2D eigenvalue weighted by atomic mass is 10.0. The maximum absolute atomic E-state index is 13.0. The number of hydrogen-bond acceptors (Lipinski definition) is 5. The van der Waals surface area contributed by atoms with Gasteiger partial charge in [0.15, 0.2) is 0 Å². The number of para-hydroxylation sites is 1. The van der Waals surface area contributed by atoms with E-state index in [2.05, 4.69) is 0 Å². The van der Waals surface area contributed by atoms with Gasteiger partial charge in [-0.3, -0.25) is 19.3 Å². The molecule has 0 aliphatic carbocycles. The van der Waals surface area contributed by atoms with Crippen LogP contribution in [0, 0.1) is 0 Å². The largest absolute Gasteiger partial charge is 0.381 e. The zero-order valence-corrected chi connectivity index (χ0v) is 19.9. The lowest BCUT2D eigenvalue weighted by molar-refractivity contribution is -0.133. The maximum Gasteiger partial charge on any atom is 0.228 e. The van der Waals surface area contributed by atoms with Gasteiger partial charge in [-0.2, -0.15) is 0 Å². The Morgan fingerprint density at radius 3 is 2.60 bits per heavy atom. The molecule has 0 spiro atoms. The number of pyridine rings is 1. The maximum atomic E-state index is 13.0. The molecule has 5 rings (SSSR count). The first-order valence-electron chi connectivity index (χ1n) is 11.8. The molecule has 7 heteroatoms. The molecule has 2 amide bonds. The lowest BCUT2D eigenvalue weighted by Gasteiger charge is -2.33. The molecule has 1 fully saturated rings. The van der Waals surface area contributed by atoms with Crippen molar-refractivity contribution in [1.29, 1.82) is 0 Å². The monoisotopic (exact) mass is 469 g/mol. The quantitative estimate of drug-likeness (QED) is 0.531. The minimum atomic E-state index is -0.223. The summed E-state index contributed by atoms with van der Waals surface area (Å²) < 4.78 is 5.45. The zero-order valence-electron chi connectivity index (χ0n) is 19.9. The van der Waals surface area contributed by atoms with Crippen molar-refractivity contribution in [3.63, 3.8) is 0 Å². The molecule has 0 atom stereocenters. The molecule has 2 aliphatic rings. The van der Waals surface area contributed by atoms with Crippen molar-refractivity contribution in [3.8, 4) is 0 Å². The third-order valence-electron chi connectivity index (χ3n) is 6.63. The van der Waals surface area contributed by atoms with Gasteiger partial charge in [0.2, 0.25) is 17.6 Å². The highest BCUT2D eigenvalue weighted by Crippen LogP contribution is 2.35. The molecule has 0 bridgehead atoms. The molecule has 178 valence electrons. The molecule has 0 N–H and O–H groups in total. The van der Waals surface area contributed by atoms with Crippen LogP contribution in [0.3, 0.4) is 0 Å². The number of aromatic nitrogens is 1. The molecule has 2 aromatic carbocycles. The van der Waals surface area contributed by atoms with Gasteiger partial charge in [-0.15, -0.1) is 0 Å². The predicted octanol–water partition coefficient (Wildman–Crippen LogP) is 4.35. The Hall–Kier alpha value is -3.84. The number of hydrogen-bond donors (Lipinski definition) is 0. The van der Waals surface area contributed by atoms with Crippen LogP contribution in [0.4, 0.5) is 5.69 Å². The first-order valence-corrected chi connectivity index (χ1v) is 11.8. The van der Waals surface area contributed by atoms with Gasteiger partial charge in [-0.05, 0) is 54.8 Å². The van der Waals surface area contributed by atoms with E-state index in [1.54, 1.807) is 31.2 Å². The Kier molecular flexibility index (Phi) is 6.17. The van der Waals surface area contributed by atoms with E-state index in [0.29, 0.717) is 42.4 Å². The summed E-state index contributed by atoms with van der Waals surface area (Å²) in [7, 11) is 0. The highest BCUT2D eigenvalue weighted by Gasteiger charge is 2.34. The number of ketones is 1. The van der Waals surface area contributed by atoms with E-state index in [4.69, 9.17) is 9.72 Å². The van der Waals surface area contributed by atoms with Crippen molar-refractivity contribution >= 4 is 40.3 Å². The van der Waals surface area contributed by atoms with Crippen molar-refractivity contribution in [1.82, 2.24) is 9.88 Å². The predicted molar refractivity (Wildman–Crippen MR) is 134 cm³/mol. The molecular formula is C28H27N3O4. The number of benzene rings is 2. The van der Waals surface area contributed by atoms with Gasteiger partial charge >= 0.3 is 0 Å². The van der Waals surface area contributed by atoms with Gasteiger partial charge in [0.1, 0.15) is 0 Å². The lowest BCUT2D eigenvalue weighted by Crippen LogP contribution is -2.41. The van der Waals surface area contributed by atoms with Gasteiger partial charge in [0, 0.05) is 50.6 Å². The number of anilines is 1. The minimum absolute atomic E-state index is 0.0642. The van der Waals surface area contributed by atoms with Crippen LogP contribution < -0.4 is 4.90 Å². The van der Waals surface area contributed by atoms with Crippen molar-refractivity contribution in [2.45, 2.75) is 39.3 Å². The molecule has 7 nitrogen and oxygen atoms in total. The van der Waals surface area contributed by atoms with Crippen molar-refractivity contribution in [2.75, 3.05) is 18.1 Å². The molecule has 0 unspecified atom stereocenters. The van der Waals surface area contributed by atoms with Gasteiger partial charge in [0.25, 0.3) is 0 Å². The third kappa shape index (κ3) is 4.47. The van der Waals surface area contributed by atoms with E-state index in [9.17, 15) is 14.4 Å². The molecular weight excluding hydrogens is 442 g/mol. The fourth-order valence-electron chi connectivity index (χ4n) is 4.90. The fraction of sp³-hybridized carbons (Fsp3) is 0.286. The van der Waals surface area contributed by atoms with Crippen LogP contribution in [0.15, 0.2) is 60.3 Å². The van der Waals surface area contributed by atoms with Crippen molar-refractivity contribution < 1.29 is 19.1 Å². The topological polar surface area (TPSA) is 79.8 Å². The van der Waals surface area contributed by atoms with E-state index in [-0.39, 0.29) is 23.6 Å². The molecule has 0 radical (unpaired) electrons. The summed E-state index contributed by atoms with van der Waals surface area (Å²) in [6, 6.07) is 17.1. The second-order valence-corrected chi connectivity index (χ2v) is 8.98. The van der Waals surface area contributed by atoms with Crippen LogP contribution in [0.2, 0.25) is 0 Å². The van der Waals surface area contributed by atoms with Crippen LogP contribution in [0.5, 0.6) is 0 Å². The summed E-state index contributed by atoms with van der Waals surface area (Å²) in [6.45, 7) is 4.97. The van der Waals surface area contributed by atoms with E-state index < -0.39 is 0 Å². The van der Waals surface area contributed by atoms with Gasteiger partial charge < -0.3 is 9.64 Å². The first kappa shape index (κ1) is 22.9. The average Bonchev–Trinajstić information content (AvgIpc) is 3.14. The number of carbonyl (C=O) groups is 3. The number of ether oxygens (including phenoxy) is 1. The fourth-order valence-corrected chi connectivity index (χ4v) is 4.90. The number of allylic oxidation sites excluding steroid dienone is 1. The summed E-state index contributed by atoms with van der Waals surface area (Å²) in [5.74, 6) is -0.348. The number of amides is 2. The van der Waals surface area contributed by atoms with Gasteiger partial charge in [0.05, 0.1) is 22.6 Å². The highest BCUT2D eigenvalue weighted by molar-refractivity contribution is 6.26. The summed E-state index contributed by atoms with van der Waals surface area (Å²) in [5, 5.41) is 0.949. The Bertz CT molecular complexity index is 1360. The molecule has 3 heterocycles. The van der Waals surface area contributed by atoms with Crippen LogP contribution >= 0.6 is 0 Å². The molecule has 0 saturated carbocycles. The standard InChI is InChI=1S/C28H27N3O4/c1-18(32)30(23-11-13-35-14-12-23)17-20-7-10-25-21(15-20)8-9-22(29-25)16-27-28(34)24-5-3-4-6-26(24)31(27)19(2)33/h3-10,15-16,23H,11-14,17H2,1-2H3/b27-16-. The van der Waals surface area contributed by atoms with Crippen LogP contribution in [-0.4, -0.2) is 46.7 Å². The van der Waals surface area contributed by atoms with Crippen LogP contribution in [0.1, 0.15) is 48.3 Å². The second-order valence-electron chi connectivity index (χ2n) is 8.98. The minimum Gasteiger partial charge on any atom is -0.381 e. The SMILES string of the molecule is CC(=O)N1/C(=C\c2ccc3cc(CN(C(C)=O)C4CCOCC4)ccc3n2)C(=O)c2ccccc21. The first-order chi connectivity index (χ1) is 16.9. The average molecular weight is 470 g/mol. The molecule has 35 heavy (non-hydrogen) atoms. The van der Waals surface area contributed by atoms with Gasteiger partial charge in [-0.25, -0.2) is 4.98 Å². The zero-order chi connectivity index (χ0) is 24.5. The number of nitrogens with zero attached hydrogens (tertiary/aromatic N) is 3. The smallest absolute Gasteiger partial charge is 0.228 e. The Morgan fingerprint density at radius 2 is 1.86 bits per heavy atom. The van der Waals surface area contributed by atoms with E-state index in [1.165, 1.54) is 11.8 Å². The molecule has 2 aliphatic heterocycles. The van der Waals surface area contributed by atoms with E-state index in [0.717, 1.165) is 29.3 Å². The van der Waals surface area contributed by atoms with Crippen LogP contribution in [-0.2, 0) is 20.9 Å². The summed E-state index contributed by atoms with van der Waals surface area (Å²) in [5.41, 5.74) is 3.83. The third-order valence-corrected chi connectivity index (χ3v) is 6.63. The van der Waals surface area contributed by atoms with E-state index in [1.807, 2.05) is 41.3 Å². The van der Waals surface area contributed by atoms with Crippen molar-refractivity contribution in [3.05, 3.63) is 77.1 Å². The number of fused-ring (bicyclic) bond motifs is 2.